The first kappa shape index (κ1) is 12.7. The zero-order chi connectivity index (χ0) is 12.8. The van der Waals surface area contributed by atoms with E-state index in [1.807, 2.05) is 43.3 Å². The van der Waals surface area contributed by atoms with Crippen molar-refractivity contribution in [2.24, 2.45) is 5.73 Å². The van der Waals surface area contributed by atoms with Crippen molar-refractivity contribution in [2.45, 2.75) is 25.8 Å². The molecule has 1 heterocycles. The van der Waals surface area contributed by atoms with Gasteiger partial charge >= 0.3 is 0 Å². The van der Waals surface area contributed by atoms with Crippen LogP contribution in [0.5, 0.6) is 5.75 Å². The van der Waals surface area contributed by atoms with E-state index in [-0.39, 0.29) is 6.04 Å². The molecule has 0 amide bonds. The average molecular weight is 245 g/mol. The Morgan fingerprint density at radius 1 is 1.28 bits per heavy atom. The van der Waals surface area contributed by atoms with E-state index >= 15 is 0 Å². The molecule has 0 aliphatic rings. The molecule has 2 rings (SSSR count). The maximum atomic E-state index is 6.18. The maximum Gasteiger partial charge on any atom is 0.119 e. The van der Waals surface area contributed by atoms with Crippen LogP contribution in [0, 0.1) is 0 Å². The molecule has 2 aromatic rings. The topological polar surface area (TPSA) is 48.4 Å². The second-order valence-electron chi connectivity index (χ2n) is 4.23. The Morgan fingerprint density at radius 2 is 2.17 bits per heavy atom. The number of rotatable bonds is 6. The number of benzene rings is 1. The summed E-state index contributed by atoms with van der Waals surface area (Å²) in [4.78, 5) is 0. The fourth-order valence-electron chi connectivity index (χ4n) is 1.92. The van der Waals surface area contributed by atoms with Crippen LogP contribution in [0.2, 0.25) is 0 Å². The summed E-state index contributed by atoms with van der Waals surface area (Å²) in [5.41, 5.74) is 7.28. The fourth-order valence-corrected chi connectivity index (χ4v) is 1.92. The van der Waals surface area contributed by atoms with Crippen LogP contribution >= 0.6 is 0 Å². The zero-order valence-electron chi connectivity index (χ0n) is 10.6. The van der Waals surface area contributed by atoms with E-state index in [9.17, 15) is 0 Å². The molecule has 1 unspecified atom stereocenters. The summed E-state index contributed by atoms with van der Waals surface area (Å²) in [7, 11) is 0. The summed E-state index contributed by atoms with van der Waals surface area (Å²) < 4.78 is 10.8. The maximum absolute atomic E-state index is 6.18. The van der Waals surface area contributed by atoms with Crippen LogP contribution in [0.3, 0.4) is 0 Å². The van der Waals surface area contributed by atoms with Gasteiger partial charge in [0.2, 0.25) is 0 Å². The minimum Gasteiger partial charge on any atom is -0.494 e. The zero-order valence-corrected chi connectivity index (χ0v) is 10.6. The second kappa shape index (κ2) is 6.26. The van der Waals surface area contributed by atoms with Crippen molar-refractivity contribution >= 4 is 0 Å². The Bertz CT molecular complexity index is 465. The Balaban J connectivity index is 1.95. The van der Waals surface area contributed by atoms with Crippen LogP contribution in [-0.4, -0.2) is 6.61 Å². The van der Waals surface area contributed by atoms with Crippen molar-refractivity contribution in [3.05, 3.63) is 54.0 Å². The quantitative estimate of drug-likeness (QED) is 0.849. The molecule has 0 aliphatic heterocycles. The van der Waals surface area contributed by atoms with Gasteiger partial charge in [-0.3, -0.25) is 0 Å². The smallest absolute Gasteiger partial charge is 0.119 e. The first-order valence-electron chi connectivity index (χ1n) is 6.30. The molecule has 0 saturated carbocycles. The molecular weight excluding hydrogens is 226 g/mol. The van der Waals surface area contributed by atoms with Crippen LogP contribution in [0.4, 0.5) is 0 Å². The van der Waals surface area contributed by atoms with Gasteiger partial charge < -0.3 is 14.9 Å². The molecule has 1 atom stereocenters. The average Bonchev–Trinajstić information content (AvgIpc) is 2.90. The van der Waals surface area contributed by atoms with E-state index in [2.05, 4.69) is 0 Å². The molecule has 0 saturated heterocycles. The van der Waals surface area contributed by atoms with E-state index in [1.165, 1.54) is 0 Å². The van der Waals surface area contributed by atoms with Crippen molar-refractivity contribution in [3.8, 4) is 5.75 Å². The second-order valence-corrected chi connectivity index (χ2v) is 4.23. The number of hydrogen-bond donors (Lipinski definition) is 1. The van der Waals surface area contributed by atoms with Gasteiger partial charge in [0.25, 0.3) is 0 Å². The summed E-state index contributed by atoms with van der Waals surface area (Å²) in [6.45, 7) is 2.65. The Kier molecular flexibility index (Phi) is 4.42. The van der Waals surface area contributed by atoms with E-state index in [0.717, 1.165) is 29.9 Å². The summed E-state index contributed by atoms with van der Waals surface area (Å²) >= 11 is 0. The predicted molar refractivity (Wildman–Crippen MR) is 71.6 cm³/mol. The fraction of sp³-hybridized carbons (Fsp3) is 0.333. The molecule has 0 spiro atoms. The minimum absolute atomic E-state index is 0.00973. The molecule has 96 valence electrons. The lowest BCUT2D eigenvalue weighted by Gasteiger charge is -2.12. The summed E-state index contributed by atoms with van der Waals surface area (Å²) in [5, 5.41) is 0. The van der Waals surface area contributed by atoms with Gasteiger partial charge in [-0.2, -0.15) is 0 Å². The summed E-state index contributed by atoms with van der Waals surface area (Å²) in [5.74, 6) is 1.86. The first-order chi connectivity index (χ1) is 8.79. The van der Waals surface area contributed by atoms with Crippen molar-refractivity contribution in [3.63, 3.8) is 0 Å². The molecule has 1 aromatic heterocycles. The largest absolute Gasteiger partial charge is 0.494 e. The van der Waals surface area contributed by atoms with E-state index < -0.39 is 0 Å². The number of ether oxygens (including phenoxy) is 1. The van der Waals surface area contributed by atoms with E-state index in [1.54, 1.807) is 6.26 Å². The monoisotopic (exact) mass is 245 g/mol. The number of aryl methyl sites for hydroxylation is 1. The molecule has 1 aromatic carbocycles. The molecule has 0 radical (unpaired) electrons. The standard InChI is InChI=1S/C15H19NO2/c1-2-17-14-6-3-5-12(11-14)15(16)9-8-13-7-4-10-18-13/h3-7,10-11,15H,2,8-9,16H2,1H3. The first-order valence-corrected chi connectivity index (χ1v) is 6.30. The van der Waals surface area contributed by atoms with Gasteiger partial charge in [0, 0.05) is 12.5 Å². The van der Waals surface area contributed by atoms with E-state index in [4.69, 9.17) is 14.9 Å². The van der Waals surface area contributed by atoms with Gasteiger partial charge in [0.15, 0.2) is 0 Å². The highest BCUT2D eigenvalue weighted by atomic mass is 16.5. The Hall–Kier alpha value is -1.74. The highest BCUT2D eigenvalue weighted by Gasteiger charge is 2.08. The lowest BCUT2D eigenvalue weighted by atomic mass is 10.0. The van der Waals surface area contributed by atoms with Crippen LogP contribution < -0.4 is 10.5 Å². The molecule has 0 fully saturated rings. The normalized spacial score (nSPS) is 12.3. The predicted octanol–water partition coefficient (Wildman–Crippen LogP) is 3.31. The molecule has 3 nitrogen and oxygen atoms in total. The lowest BCUT2D eigenvalue weighted by molar-refractivity contribution is 0.339. The Labute approximate surface area is 108 Å². The Morgan fingerprint density at radius 3 is 2.89 bits per heavy atom. The highest BCUT2D eigenvalue weighted by molar-refractivity contribution is 5.30. The van der Waals surface area contributed by atoms with Crippen molar-refractivity contribution < 1.29 is 9.15 Å². The molecule has 0 aliphatic carbocycles. The third kappa shape index (κ3) is 3.37. The minimum atomic E-state index is 0.00973. The van der Waals surface area contributed by atoms with E-state index in [0.29, 0.717) is 6.61 Å². The third-order valence-corrected chi connectivity index (χ3v) is 2.88. The molecular formula is C15H19NO2. The van der Waals surface area contributed by atoms with Crippen molar-refractivity contribution in [2.75, 3.05) is 6.61 Å². The molecule has 18 heavy (non-hydrogen) atoms. The van der Waals surface area contributed by atoms with Gasteiger partial charge in [0.1, 0.15) is 11.5 Å². The van der Waals surface area contributed by atoms with Crippen LogP contribution in [0.1, 0.15) is 30.7 Å². The van der Waals surface area contributed by atoms with Crippen LogP contribution in [0.25, 0.3) is 0 Å². The molecule has 3 heteroatoms. The summed E-state index contributed by atoms with van der Waals surface area (Å²) in [6.07, 6.45) is 3.41. The van der Waals surface area contributed by atoms with Crippen molar-refractivity contribution in [1.29, 1.82) is 0 Å². The van der Waals surface area contributed by atoms with Crippen LogP contribution in [0.15, 0.2) is 47.1 Å². The number of furan rings is 1. The van der Waals surface area contributed by atoms with Crippen LogP contribution in [-0.2, 0) is 6.42 Å². The van der Waals surface area contributed by atoms with Gasteiger partial charge in [-0.1, -0.05) is 12.1 Å². The molecule has 2 N–H and O–H groups in total. The highest BCUT2D eigenvalue weighted by Crippen LogP contribution is 2.21. The van der Waals surface area contributed by atoms with Crippen molar-refractivity contribution in [1.82, 2.24) is 0 Å². The van der Waals surface area contributed by atoms with Gasteiger partial charge in [-0.15, -0.1) is 0 Å². The summed E-state index contributed by atoms with van der Waals surface area (Å²) in [6, 6.07) is 11.9. The van der Waals surface area contributed by atoms with Gasteiger partial charge in [0.05, 0.1) is 12.9 Å². The number of hydrogen-bond acceptors (Lipinski definition) is 3. The van der Waals surface area contributed by atoms with Gasteiger partial charge in [-0.25, -0.2) is 0 Å². The lowest BCUT2D eigenvalue weighted by Crippen LogP contribution is -2.11. The number of nitrogens with two attached hydrogens (primary N) is 1. The van der Waals surface area contributed by atoms with Gasteiger partial charge in [-0.05, 0) is 43.2 Å². The SMILES string of the molecule is CCOc1cccc(C(N)CCc2ccco2)c1. The third-order valence-electron chi connectivity index (χ3n) is 2.88. The molecule has 0 bridgehead atoms.